The highest BCUT2D eigenvalue weighted by Crippen LogP contribution is 2.28. The molecule has 2 aromatic carbocycles. The monoisotopic (exact) mass is 357 g/mol. The van der Waals surface area contributed by atoms with E-state index in [1.54, 1.807) is 7.11 Å². The van der Waals surface area contributed by atoms with Gasteiger partial charge in [0.2, 0.25) is 0 Å². The quantitative estimate of drug-likeness (QED) is 0.757. The zero-order chi connectivity index (χ0) is 19.1. The van der Waals surface area contributed by atoms with Gasteiger partial charge in [0, 0.05) is 17.7 Å². The number of nitrogens with one attached hydrogen (secondary N) is 1. The van der Waals surface area contributed by atoms with Crippen LogP contribution in [0.1, 0.15) is 46.2 Å². The molecular formula is C20H23NO5. The number of ether oxygens (including phenoxy) is 2. The van der Waals surface area contributed by atoms with Crippen molar-refractivity contribution in [3.63, 3.8) is 0 Å². The van der Waals surface area contributed by atoms with Crippen LogP contribution in [-0.4, -0.2) is 36.7 Å². The van der Waals surface area contributed by atoms with E-state index in [9.17, 15) is 9.59 Å². The van der Waals surface area contributed by atoms with Gasteiger partial charge in [0.05, 0.1) is 18.8 Å². The molecule has 26 heavy (non-hydrogen) atoms. The van der Waals surface area contributed by atoms with E-state index < -0.39 is 5.97 Å². The number of rotatable bonds is 8. The minimum absolute atomic E-state index is 0.0309. The molecule has 2 aromatic rings. The first kappa shape index (κ1) is 19.5. The molecule has 138 valence electrons. The second-order valence-corrected chi connectivity index (χ2v) is 6.01. The summed E-state index contributed by atoms with van der Waals surface area (Å²) in [5.74, 6) is -0.633. The zero-order valence-corrected chi connectivity index (χ0v) is 15.1. The Bertz CT molecular complexity index is 755. The van der Waals surface area contributed by atoms with Gasteiger partial charge in [0.1, 0.15) is 11.9 Å². The number of hydrogen-bond acceptors (Lipinski definition) is 4. The fourth-order valence-electron chi connectivity index (χ4n) is 2.54. The SMILES string of the molecule is COc1ccccc1C(CNC(=O)c1ccc(C(=O)O)cc1)OC(C)C. The maximum Gasteiger partial charge on any atom is 0.335 e. The third-order valence-electron chi connectivity index (χ3n) is 3.76. The van der Waals surface area contributed by atoms with Crippen molar-refractivity contribution in [3.05, 3.63) is 65.2 Å². The lowest BCUT2D eigenvalue weighted by atomic mass is 10.1. The van der Waals surface area contributed by atoms with Crippen LogP contribution in [0.4, 0.5) is 0 Å². The molecular weight excluding hydrogens is 334 g/mol. The summed E-state index contributed by atoms with van der Waals surface area (Å²) in [7, 11) is 1.59. The predicted molar refractivity (Wildman–Crippen MR) is 97.7 cm³/mol. The standard InChI is InChI=1S/C20H23NO5/c1-13(2)26-18(16-6-4-5-7-17(16)25-3)12-21-19(22)14-8-10-15(11-9-14)20(23)24/h4-11,13,18H,12H2,1-3H3,(H,21,22)(H,23,24). The van der Waals surface area contributed by atoms with E-state index in [4.69, 9.17) is 14.6 Å². The lowest BCUT2D eigenvalue weighted by Crippen LogP contribution is -2.30. The second kappa shape index (κ2) is 9.01. The lowest BCUT2D eigenvalue weighted by molar-refractivity contribution is 0.00611. The Labute approximate surface area is 152 Å². The lowest BCUT2D eigenvalue weighted by Gasteiger charge is -2.23. The minimum Gasteiger partial charge on any atom is -0.496 e. The van der Waals surface area contributed by atoms with Crippen LogP contribution in [0.15, 0.2) is 48.5 Å². The normalized spacial score (nSPS) is 11.8. The third-order valence-corrected chi connectivity index (χ3v) is 3.76. The number of carbonyl (C=O) groups is 2. The van der Waals surface area contributed by atoms with Crippen molar-refractivity contribution < 1.29 is 24.2 Å². The Hall–Kier alpha value is -2.86. The van der Waals surface area contributed by atoms with Crippen LogP contribution in [0.3, 0.4) is 0 Å². The van der Waals surface area contributed by atoms with Crippen molar-refractivity contribution in [1.29, 1.82) is 0 Å². The molecule has 0 aromatic heterocycles. The first-order chi connectivity index (χ1) is 12.4. The number of benzene rings is 2. The number of methoxy groups -OCH3 is 1. The molecule has 2 rings (SSSR count). The highest BCUT2D eigenvalue weighted by molar-refractivity contribution is 5.95. The van der Waals surface area contributed by atoms with Crippen molar-refractivity contribution in [2.24, 2.45) is 0 Å². The van der Waals surface area contributed by atoms with E-state index in [1.165, 1.54) is 24.3 Å². The van der Waals surface area contributed by atoms with Crippen LogP contribution in [-0.2, 0) is 4.74 Å². The van der Waals surface area contributed by atoms with E-state index in [1.807, 2.05) is 38.1 Å². The number of carboxylic acid groups (broad SMARTS) is 1. The van der Waals surface area contributed by atoms with Gasteiger partial charge in [0.25, 0.3) is 5.91 Å². The number of carboxylic acids is 1. The topological polar surface area (TPSA) is 84.9 Å². The van der Waals surface area contributed by atoms with E-state index in [0.717, 1.165) is 5.56 Å². The third kappa shape index (κ3) is 5.07. The summed E-state index contributed by atoms with van der Waals surface area (Å²) in [6.45, 7) is 4.11. The molecule has 2 N–H and O–H groups in total. The van der Waals surface area contributed by atoms with Crippen molar-refractivity contribution in [2.45, 2.75) is 26.1 Å². The number of aromatic carboxylic acids is 1. The van der Waals surface area contributed by atoms with Crippen LogP contribution in [0.5, 0.6) is 5.75 Å². The molecule has 1 amide bonds. The van der Waals surface area contributed by atoms with Crippen LogP contribution < -0.4 is 10.1 Å². The van der Waals surface area contributed by atoms with Gasteiger partial charge < -0.3 is 19.9 Å². The molecule has 0 heterocycles. The molecule has 0 spiro atoms. The average molecular weight is 357 g/mol. The second-order valence-electron chi connectivity index (χ2n) is 6.01. The van der Waals surface area contributed by atoms with Gasteiger partial charge in [-0.1, -0.05) is 18.2 Å². The molecule has 0 aliphatic carbocycles. The van der Waals surface area contributed by atoms with Gasteiger partial charge in [-0.2, -0.15) is 0 Å². The number of amides is 1. The number of hydrogen-bond donors (Lipinski definition) is 2. The molecule has 0 saturated carbocycles. The van der Waals surface area contributed by atoms with Gasteiger partial charge in [-0.3, -0.25) is 4.79 Å². The Morgan fingerprint density at radius 3 is 2.23 bits per heavy atom. The largest absolute Gasteiger partial charge is 0.496 e. The molecule has 1 unspecified atom stereocenters. The molecule has 6 heteroatoms. The summed E-state index contributed by atoms with van der Waals surface area (Å²) in [6.07, 6.45) is -0.398. The maximum atomic E-state index is 12.4. The van der Waals surface area contributed by atoms with Crippen molar-refractivity contribution in [3.8, 4) is 5.75 Å². The van der Waals surface area contributed by atoms with Crippen LogP contribution in [0.2, 0.25) is 0 Å². The van der Waals surface area contributed by atoms with Crippen molar-refractivity contribution in [2.75, 3.05) is 13.7 Å². The summed E-state index contributed by atoms with van der Waals surface area (Å²) < 4.78 is 11.3. The Morgan fingerprint density at radius 2 is 1.65 bits per heavy atom. The highest BCUT2D eigenvalue weighted by Gasteiger charge is 2.19. The van der Waals surface area contributed by atoms with Crippen molar-refractivity contribution in [1.82, 2.24) is 5.32 Å². The van der Waals surface area contributed by atoms with Crippen LogP contribution in [0.25, 0.3) is 0 Å². The van der Waals surface area contributed by atoms with Gasteiger partial charge in [0.15, 0.2) is 0 Å². The molecule has 0 fully saturated rings. The Balaban J connectivity index is 2.11. The minimum atomic E-state index is -1.03. The molecule has 0 saturated heterocycles. The first-order valence-electron chi connectivity index (χ1n) is 8.32. The summed E-state index contributed by atoms with van der Waals surface area (Å²) in [4.78, 5) is 23.2. The smallest absolute Gasteiger partial charge is 0.335 e. The fourth-order valence-corrected chi connectivity index (χ4v) is 2.54. The average Bonchev–Trinajstić information content (AvgIpc) is 2.64. The summed E-state index contributed by atoms with van der Waals surface area (Å²) >= 11 is 0. The van der Waals surface area contributed by atoms with E-state index in [2.05, 4.69) is 5.32 Å². The van der Waals surface area contributed by atoms with E-state index in [-0.39, 0.29) is 30.2 Å². The summed E-state index contributed by atoms with van der Waals surface area (Å²) in [5, 5.41) is 11.8. The van der Waals surface area contributed by atoms with E-state index >= 15 is 0 Å². The van der Waals surface area contributed by atoms with Gasteiger partial charge in [-0.25, -0.2) is 4.79 Å². The van der Waals surface area contributed by atoms with Gasteiger partial charge in [-0.05, 0) is 44.2 Å². The van der Waals surface area contributed by atoms with Gasteiger partial charge >= 0.3 is 5.97 Å². The summed E-state index contributed by atoms with van der Waals surface area (Å²) in [6, 6.07) is 13.3. The van der Waals surface area contributed by atoms with Crippen LogP contribution >= 0.6 is 0 Å². The Morgan fingerprint density at radius 1 is 1.04 bits per heavy atom. The molecule has 0 bridgehead atoms. The van der Waals surface area contributed by atoms with Gasteiger partial charge in [-0.15, -0.1) is 0 Å². The molecule has 1 atom stereocenters. The maximum absolute atomic E-state index is 12.4. The molecule has 0 aliphatic rings. The Kier molecular flexibility index (Phi) is 6.74. The van der Waals surface area contributed by atoms with Crippen molar-refractivity contribution >= 4 is 11.9 Å². The number of carbonyl (C=O) groups excluding carboxylic acids is 1. The first-order valence-corrected chi connectivity index (χ1v) is 8.32. The fraction of sp³-hybridized carbons (Fsp3) is 0.300. The highest BCUT2D eigenvalue weighted by atomic mass is 16.5. The summed E-state index contributed by atoms with van der Waals surface area (Å²) in [5.41, 5.74) is 1.38. The van der Waals surface area contributed by atoms with Crippen LogP contribution in [0, 0.1) is 0 Å². The van der Waals surface area contributed by atoms with E-state index in [0.29, 0.717) is 11.3 Å². The molecule has 0 radical (unpaired) electrons. The predicted octanol–water partition coefficient (Wildman–Crippen LogP) is 3.29. The zero-order valence-electron chi connectivity index (χ0n) is 15.1. The number of para-hydroxylation sites is 1. The molecule has 0 aliphatic heterocycles. The molecule has 6 nitrogen and oxygen atoms in total.